The second-order valence-corrected chi connectivity index (χ2v) is 8.86. The van der Waals surface area contributed by atoms with Gasteiger partial charge < -0.3 is 14.5 Å². The Morgan fingerprint density at radius 1 is 1.28 bits per heavy atom. The SMILES string of the molecule is C=CC1=C(C=C)c2c(c(C(=O)N3CCOCC3)nn2CCC2CCCN2C)CS1. The molecule has 0 aliphatic carbocycles. The van der Waals surface area contributed by atoms with Gasteiger partial charge in [0.15, 0.2) is 5.69 Å². The number of hydrogen-bond donors (Lipinski definition) is 0. The van der Waals surface area contributed by atoms with Crippen LogP contribution >= 0.6 is 11.8 Å². The number of aromatic nitrogens is 2. The van der Waals surface area contributed by atoms with Crippen LogP contribution in [0.4, 0.5) is 0 Å². The Hall–Kier alpha value is -1.83. The first-order valence-electron chi connectivity index (χ1n) is 10.4. The predicted octanol–water partition coefficient (Wildman–Crippen LogP) is 3.17. The van der Waals surface area contributed by atoms with Crippen LogP contribution in [0.5, 0.6) is 0 Å². The van der Waals surface area contributed by atoms with Crippen molar-refractivity contribution in [1.29, 1.82) is 0 Å². The minimum absolute atomic E-state index is 0.0207. The van der Waals surface area contributed by atoms with Gasteiger partial charge in [-0.1, -0.05) is 25.3 Å². The van der Waals surface area contributed by atoms with Gasteiger partial charge in [-0.05, 0) is 32.9 Å². The standard InChI is InChI=1S/C22H30N4O2S/c1-4-17-19(5-2)29-15-18-20(22(27)25-11-13-28-14-12-25)23-26(21(17)18)10-8-16-7-6-9-24(16)3/h4-5,16H,1-2,6-15H2,3H3. The molecule has 6 nitrogen and oxygen atoms in total. The molecule has 0 spiro atoms. The van der Waals surface area contributed by atoms with Gasteiger partial charge in [-0.25, -0.2) is 0 Å². The second kappa shape index (κ2) is 8.90. The number of carbonyl (C=O) groups excluding carboxylic acids is 1. The topological polar surface area (TPSA) is 50.6 Å². The molecule has 7 heteroatoms. The van der Waals surface area contributed by atoms with Gasteiger partial charge in [0.05, 0.1) is 18.9 Å². The average Bonchev–Trinajstić information content (AvgIpc) is 3.34. The summed E-state index contributed by atoms with van der Waals surface area (Å²) in [5, 5.41) is 4.86. The number of thioether (sulfide) groups is 1. The van der Waals surface area contributed by atoms with E-state index in [1.54, 1.807) is 11.8 Å². The highest BCUT2D eigenvalue weighted by Gasteiger charge is 2.32. The Labute approximate surface area is 177 Å². The van der Waals surface area contributed by atoms with E-state index in [-0.39, 0.29) is 5.91 Å². The van der Waals surface area contributed by atoms with E-state index >= 15 is 0 Å². The van der Waals surface area contributed by atoms with Crippen LogP contribution in [0.2, 0.25) is 0 Å². The highest BCUT2D eigenvalue weighted by molar-refractivity contribution is 8.02. The number of carbonyl (C=O) groups is 1. The molecule has 1 aromatic rings. The lowest BCUT2D eigenvalue weighted by Gasteiger charge is -2.26. The largest absolute Gasteiger partial charge is 0.378 e. The van der Waals surface area contributed by atoms with Crippen molar-refractivity contribution in [3.8, 4) is 0 Å². The highest BCUT2D eigenvalue weighted by Crippen LogP contribution is 2.41. The molecule has 0 radical (unpaired) electrons. The number of ether oxygens (including phenoxy) is 1. The van der Waals surface area contributed by atoms with Crippen LogP contribution < -0.4 is 0 Å². The Balaban J connectivity index is 1.69. The molecule has 0 aromatic carbocycles. The van der Waals surface area contributed by atoms with Crippen LogP contribution in [-0.4, -0.2) is 71.4 Å². The number of likely N-dealkylation sites (tertiary alicyclic amines) is 1. The number of hydrogen-bond acceptors (Lipinski definition) is 5. The van der Waals surface area contributed by atoms with Gasteiger partial charge >= 0.3 is 0 Å². The lowest BCUT2D eigenvalue weighted by atomic mass is 10.0. The summed E-state index contributed by atoms with van der Waals surface area (Å²) in [6.45, 7) is 12.4. The molecule has 2 saturated heterocycles. The van der Waals surface area contributed by atoms with E-state index in [0.717, 1.165) is 47.0 Å². The van der Waals surface area contributed by atoms with Crippen LogP contribution in [0.15, 0.2) is 30.2 Å². The Bertz CT molecular complexity index is 838. The molecule has 1 atom stereocenters. The predicted molar refractivity (Wildman–Crippen MR) is 118 cm³/mol. The smallest absolute Gasteiger partial charge is 0.274 e. The third kappa shape index (κ3) is 3.96. The van der Waals surface area contributed by atoms with E-state index in [1.165, 1.54) is 12.8 Å². The summed E-state index contributed by atoms with van der Waals surface area (Å²) in [5.74, 6) is 0.760. The normalized spacial score (nSPS) is 22.7. The molecule has 29 heavy (non-hydrogen) atoms. The first kappa shape index (κ1) is 20.4. The van der Waals surface area contributed by atoms with Crippen molar-refractivity contribution >= 4 is 23.2 Å². The average molecular weight is 415 g/mol. The molecule has 3 aliphatic rings. The van der Waals surface area contributed by atoms with E-state index < -0.39 is 0 Å². The van der Waals surface area contributed by atoms with Crippen molar-refractivity contribution < 1.29 is 9.53 Å². The van der Waals surface area contributed by atoms with Gasteiger partial charge in [-0.3, -0.25) is 9.48 Å². The maximum atomic E-state index is 13.3. The molecule has 2 fully saturated rings. The zero-order chi connectivity index (χ0) is 20.4. The minimum atomic E-state index is 0.0207. The number of aryl methyl sites for hydroxylation is 1. The fourth-order valence-corrected chi connectivity index (χ4v) is 5.54. The quantitative estimate of drug-likeness (QED) is 0.716. The fourth-order valence-electron chi connectivity index (χ4n) is 4.51. The number of fused-ring (bicyclic) bond motifs is 1. The molecule has 4 heterocycles. The lowest BCUT2D eigenvalue weighted by molar-refractivity contribution is 0.0298. The summed E-state index contributed by atoms with van der Waals surface area (Å²) < 4.78 is 7.46. The molecule has 0 bridgehead atoms. The molecule has 1 aromatic heterocycles. The number of amides is 1. The van der Waals surface area contributed by atoms with Crippen molar-refractivity contribution in [1.82, 2.24) is 19.6 Å². The Morgan fingerprint density at radius 3 is 2.72 bits per heavy atom. The van der Waals surface area contributed by atoms with Crippen molar-refractivity contribution in [2.24, 2.45) is 0 Å². The summed E-state index contributed by atoms with van der Waals surface area (Å²) in [5.41, 5.74) is 3.72. The third-order valence-electron chi connectivity index (χ3n) is 6.18. The number of rotatable bonds is 6. The zero-order valence-electron chi connectivity index (χ0n) is 17.2. The zero-order valence-corrected chi connectivity index (χ0v) is 18.0. The van der Waals surface area contributed by atoms with Gasteiger partial charge in [-0.2, -0.15) is 5.10 Å². The van der Waals surface area contributed by atoms with Gasteiger partial charge in [0, 0.05) is 47.5 Å². The maximum Gasteiger partial charge on any atom is 0.274 e. The fraction of sp³-hybridized carbons (Fsp3) is 0.545. The van der Waals surface area contributed by atoms with Crippen LogP contribution in [0.1, 0.15) is 41.0 Å². The first-order chi connectivity index (χ1) is 14.1. The maximum absolute atomic E-state index is 13.3. The van der Waals surface area contributed by atoms with Crippen molar-refractivity contribution in [3.05, 3.63) is 47.2 Å². The van der Waals surface area contributed by atoms with E-state index in [0.29, 0.717) is 38.0 Å². The highest BCUT2D eigenvalue weighted by atomic mass is 32.2. The molecule has 0 N–H and O–H groups in total. The lowest BCUT2D eigenvalue weighted by Crippen LogP contribution is -2.41. The molecule has 0 saturated carbocycles. The number of nitrogens with zero attached hydrogens (tertiary/aromatic N) is 4. The molecule has 1 amide bonds. The van der Waals surface area contributed by atoms with Gasteiger partial charge in [0.25, 0.3) is 5.91 Å². The van der Waals surface area contributed by atoms with Crippen LogP contribution in [0, 0.1) is 0 Å². The van der Waals surface area contributed by atoms with Gasteiger partial charge in [-0.15, -0.1) is 11.8 Å². The third-order valence-corrected chi connectivity index (χ3v) is 7.31. The molecule has 1 unspecified atom stereocenters. The van der Waals surface area contributed by atoms with Crippen molar-refractivity contribution in [2.75, 3.05) is 39.9 Å². The van der Waals surface area contributed by atoms with E-state index in [9.17, 15) is 4.79 Å². The monoisotopic (exact) mass is 414 g/mol. The van der Waals surface area contributed by atoms with Crippen LogP contribution in [-0.2, 0) is 17.0 Å². The summed E-state index contributed by atoms with van der Waals surface area (Å²) in [6.07, 6.45) is 7.30. The molecular formula is C22H30N4O2S. The Kier molecular flexibility index (Phi) is 6.27. The molecular weight excluding hydrogens is 384 g/mol. The number of allylic oxidation sites excluding steroid dienone is 3. The van der Waals surface area contributed by atoms with Crippen molar-refractivity contribution in [3.63, 3.8) is 0 Å². The number of morpholine rings is 1. The van der Waals surface area contributed by atoms with E-state index in [4.69, 9.17) is 9.84 Å². The van der Waals surface area contributed by atoms with E-state index in [2.05, 4.69) is 29.8 Å². The summed E-state index contributed by atoms with van der Waals surface area (Å²) in [4.78, 5) is 18.7. The van der Waals surface area contributed by atoms with Crippen LogP contribution in [0.3, 0.4) is 0 Å². The summed E-state index contributed by atoms with van der Waals surface area (Å²) >= 11 is 1.71. The van der Waals surface area contributed by atoms with Crippen LogP contribution in [0.25, 0.3) is 5.57 Å². The van der Waals surface area contributed by atoms with E-state index in [1.807, 2.05) is 17.1 Å². The van der Waals surface area contributed by atoms with Gasteiger partial charge in [0.2, 0.25) is 0 Å². The Morgan fingerprint density at radius 2 is 2.07 bits per heavy atom. The summed E-state index contributed by atoms with van der Waals surface area (Å²) in [7, 11) is 2.20. The summed E-state index contributed by atoms with van der Waals surface area (Å²) in [6, 6.07) is 0.584. The van der Waals surface area contributed by atoms with Gasteiger partial charge in [0.1, 0.15) is 0 Å². The first-order valence-corrected chi connectivity index (χ1v) is 11.4. The molecule has 4 rings (SSSR count). The molecule has 156 valence electrons. The second-order valence-electron chi connectivity index (χ2n) is 7.84. The van der Waals surface area contributed by atoms with Crippen molar-refractivity contribution in [2.45, 2.75) is 37.6 Å². The molecule has 3 aliphatic heterocycles. The minimum Gasteiger partial charge on any atom is -0.378 e.